The van der Waals surface area contributed by atoms with Crippen LogP contribution >= 0.6 is 0 Å². The van der Waals surface area contributed by atoms with E-state index in [1.54, 1.807) is 0 Å². The topological polar surface area (TPSA) is 16.4 Å². The molecule has 2 heteroatoms. The van der Waals surface area contributed by atoms with Crippen molar-refractivity contribution in [2.75, 3.05) is 4.90 Å². The van der Waals surface area contributed by atoms with Gasteiger partial charge in [-0.15, -0.1) is 0 Å². The molecular formula is C38H25NO. The maximum atomic E-state index is 6.38. The smallest absolute Gasteiger partial charge is 0.136 e. The summed E-state index contributed by atoms with van der Waals surface area (Å²) in [5.74, 6) is 0. The van der Waals surface area contributed by atoms with Gasteiger partial charge in [0.05, 0.1) is 5.69 Å². The predicted molar refractivity (Wildman–Crippen MR) is 169 cm³/mol. The fraction of sp³-hybridized carbons (Fsp3) is 0. The van der Waals surface area contributed by atoms with Crippen molar-refractivity contribution in [2.24, 2.45) is 0 Å². The summed E-state index contributed by atoms with van der Waals surface area (Å²) in [7, 11) is 0. The van der Waals surface area contributed by atoms with Crippen LogP contribution in [0.5, 0.6) is 0 Å². The monoisotopic (exact) mass is 511 g/mol. The minimum Gasteiger partial charge on any atom is -0.456 e. The van der Waals surface area contributed by atoms with Crippen LogP contribution in [-0.2, 0) is 0 Å². The van der Waals surface area contributed by atoms with Gasteiger partial charge in [-0.05, 0) is 69.8 Å². The van der Waals surface area contributed by atoms with Crippen LogP contribution in [0.25, 0.3) is 54.6 Å². The Bertz CT molecular complexity index is 2150. The van der Waals surface area contributed by atoms with E-state index in [9.17, 15) is 0 Å². The molecule has 0 aliphatic heterocycles. The predicted octanol–water partition coefficient (Wildman–Crippen LogP) is 11.0. The molecule has 0 fully saturated rings. The largest absolute Gasteiger partial charge is 0.456 e. The second-order valence-corrected chi connectivity index (χ2v) is 10.2. The Morgan fingerprint density at radius 3 is 1.98 bits per heavy atom. The standard InChI is InChI=1S/C38H25NO/c1-3-12-27(13-4-1)33-25-37-38(32-19-9-10-21-36(32)40-37)31-23-22-29(24-34(31)33)39(28-16-5-2-6-17-28)35-20-11-15-26-14-7-8-18-30(26)35/h1-25H. The molecule has 1 aromatic heterocycles. The molecule has 0 unspecified atom stereocenters. The van der Waals surface area contributed by atoms with Crippen LogP contribution in [0.15, 0.2) is 156 Å². The second kappa shape index (κ2) is 9.14. The lowest BCUT2D eigenvalue weighted by Gasteiger charge is -2.27. The maximum Gasteiger partial charge on any atom is 0.136 e. The molecule has 8 aromatic rings. The Hall–Kier alpha value is -5.34. The average Bonchev–Trinajstić information content (AvgIpc) is 3.41. The van der Waals surface area contributed by atoms with E-state index >= 15 is 0 Å². The number of furan rings is 1. The van der Waals surface area contributed by atoms with Crippen molar-refractivity contribution < 1.29 is 4.42 Å². The minimum atomic E-state index is 0.911. The molecule has 0 saturated carbocycles. The summed E-state index contributed by atoms with van der Waals surface area (Å²) < 4.78 is 6.38. The Balaban J connectivity index is 1.46. The van der Waals surface area contributed by atoms with Gasteiger partial charge in [-0.2, -0.15) is 0 Å². The third-order valence-electron chi connectivity index (χ3n) is 7.83. The van der Waals surface area contributed by atoms with Crippen LogP contribution in [0.1, 0.15) is 0 Å². The van der Waals surface area contributed by atoms with Gasteiger partial charge in [-0.25, -0.2) is 0 Å². The molecule has 0 amide bonds. The number of hydrogen-bond donors (Lipinski definition) is 0. The average molecular weight is 512 g/mol. The van der Waals surface area contributed by atoms with E-state index in [1.165, 1.54) is 27.1 Å². The highest BCUT2D eigenvalue weighted by atomic mass is 16.3. The number of benzene rings is 7. The molecular weight excluding hydrogens is 486 g/mol. The summed E-state index contributed by atoms with van der Waals surface area (Å²) in [4.78, 5) is 2.37. The molecule has 0 N–H and O–H groups in total. The highest BCUT2D eigenvalue weighted by Gasteiger charge is 2.19. The van der Waals surface area contributed by atoms with Crippen molar-refractivity contribution in [3.63, 3.8) is 0 Å². The lowest BCUT2D eigenvalue weighted by Crippen LogP contribution is -2.10. The van der Waals surface area contributed by atoms with Gasteiger partial charge < -0.3 is 9.32 Å². The zero-order chi connectivity index (χ0) is 26.5. The van der Waals surface area contributed by atoms with Crippen LogP contribution < -0.4 is 4.90 Å². The molecule has 8 rings (SSSR count). The molecule has 2 nitrogen and oxygen atoms in total. The summed E-state index contributed by atoms with van der Waals surface area (Å²) in [5, 5.41) is 7.13. The van der Waals surface area contributed by atoms with Gasteiger partial charge in [0, 0.05) is 27.5 Å². The van der Waals surface area contributed by atoms with Gasteiger partial charge in [0.15, 0.2) is 0 Å². The first kappa shape index (κ1) is 22.6. The van der Waals surface area contributed by atoms with E-state index < -0.39 is 0 Å². The molecule has 7 aromatic carbocycles. The molecule has 0 saturated heterocycles. The Morgan fingerprint density at radius 2 is 1.12 bits per heavy atom. The summed E-state index contributed by atoms with van der Waals surface area (Å²) in [6.45, 7) is 0. The number of para-hydroxylation sites is 2. The van der Waals surface area contributed by atoms with Gasteiger partial charge in [-0.1, -0.05) is 109 Å². The highest BCUT2D eigenvalue weighted by Crippen LogP contribution is 2.44. The third-order valence-corrected chi connectivity index (χ3v) is 7.83. The van der Waals surface area contributed by atoms with E-state index in [2.05, 4.69) is 150 Å². The van der Waals surface area contributed by atoms with Crippen molar-refractivity contribution in [3.8, 4) is 11.1 Å². The van der Waals surface area contributed by atoms with Crippen LogP contribution in [0.3, 0.4) is 0 Å². The molecule has 0 bridgehead atoms. The summed E-state index contributed by atoms with van der Waals surface area (Å²) in [5.41, 5.74) is 7.54. The van der Waals surface area contributed by atoms with E-state index in [-0.39, 0.29) is 0 Å². The molecule has 0 aliphatic carbocycles. The fourth-order valence-electron chi connectivity index (χ4n) is 6.03. The zero-order valence-corrected chi connectivity index (χ0v) is 21.8. The lowest BCUT2D eigenvalue weighted by molar-refractivity contribution is 0.669. The molecule has 40 heavy (non-hydrogen) atoms. The number of anilines is 3. The molecule has 0 aliphatic rings. The van der Waals surface area contributed by atoms with E-state index in [1.807, 2.05) is 6.07 Å². The summed E-state index contributed by atoms with van der Waals surface area (Å²) >= 11 is 0. The number of rotatable bonds is 4. The Labute approximate surface area is 232 Å². The first-order chi connectivity index (χ1) is 19.8. The van der Waals surface area contributed by atoms with Gasteiger partial charge in [0.25, 0.3) is 0 Å². The molecule has 1 heterocycles. The molecule has 0 atom stereocenters. The SMILES string of the molecule is c1ccc(-c2cc3oc4ccccc4c3c3ccc(N(c4ccccc4)c4cccc5ccccc45)cc23)cc1. The van der Waals surface area contributed by atoms with Crippen molar-refractivity contribution >= 4 is 60.5 Å². The van der Waals surface area contributed by atoms with E-state index in [4.69, 9.17) is 4.42 Å². The highest BCUT2D eigenvalue weighted by molar-refractivity contribution is 6.22. The van der Waals surface area contributed by atoms with Crippen LogP contribution in [0.4, 0.5) is 17.1 Å². The Morgan fingerprint density at radius 1 is 0.425 bits per heavy atom. The molecule has 0 radical (unpaired) electrons. The van der Waals surface area contributed by atoms with Gasteiger partial charge >= 0.3 is 0 Å². The van der Waals surface area contributed by atoms with E-state index in [0.717, 1.165) is 44.6 Å². The second-order valence-electron chi connectivity index (χ2n) is 10.2. The van der Waals surface area contributed by atoms with Crippen molar-refractivity contribution in [1.29, 1.82) is 0 Å². The minimum absolute atomic E-state index is 0.911. The lowest BCUT2D eigenvalue weighted by atomic mass is 9.94. The Kier molecular flexibility index (Phi) is 5.17. The third kappa shape index (κ3) is 3.58. The normalized spacial score (nSPS) is 11.5. The quantitative estimate of drug-likeness (QED) is 0.234. The number of nitrogens with zero attached hydrogens (tertiary/aromatic N) is 1. The number of hydrogen-bond acceptors (Lipinski definition) is 2. The van der Waals surface area contributed by atoms with E-state index in [0.29, 0.717) is 0 Å². The van der Waals surface area contributed by atoms with Gasteiger partial charge in [-0.3, -0.25) is 0 Å². The molecule has 188 valence electrons. The van der Waals surface area contributed by atoms with Crippen molar-refractivity contribution in [2.45, 2.75) is 0 Å². The summed E-state index contributed by atoms with van der Waals surface area (Å²) in [6, 6.07) is 53.8. The first-order valence-electron chi connectivity index (χ1n) is 13.6. The first-order valence-corrected chi connectivity index (χ1v) is 13.6. The van der Waals surface area contributed by atoms with Crippen LogP contribution in [0.2, 0.25) is 0 Å². The fourth-order valence-corrected chi connectivity index (χ4v) is 6.03. The van der Waals surface area contributed by atoms with Crippen molar-refractivity contribution in [3.05, 3.63) is 152 Å². The van der Waals surface area contributed by atoms with Gasteiger partial charge in [0.2, 0.25) is 0 Å². The summed E-state index contributed by atoms with van der Waals surface area (Å²) in [6.07, 6.45) is 0. The van der Waals surface area contributed by atoms with Gasteiger partial charge in [0.1, 0.15) is 11.2 Å². The van der Waals surface area contributed by atoms with Crippen LogP contribution in [-0.4, -0.2) is 0 Å². The molecule has 0 spiro atoms. The maximum absolute atomic E-state index is 6.38. The number of fused-ring (bicyclic) bond motifs is 6. The zero-order valence-electron chi connectivity index (χ0n) is 21.8. The van der Waals surface area contributed by atoms with Crippen LogP contribution in [0, 0.1) is 0 Å². The van der Waals surface area contributed by atoms with Crippen molar-refractivity contribution in [1.82, 2.24) is 0 Å².